The highest BCUT2D eigenvalue weighted by atomic mass is 79.9. The van der Waals surface area contributed by atoms with E-state index >= 15 is 0 Å². The number of rotatable bonds is 5. The van der Waals surface area contributed by atoms with Gasteiger partial charge in [0.15, 0.2) is 0 Å². The molecule has 1 aromatic rings. The van der Waals surface area contributed by atoms with Crippen LogP contribution in [0.2, 0.25) is 0 Å². The van der Waals surface area contributed by atoms with E-state index in [4.69, 9.17) is 4.74 Å². The van der Waals surface area contributed by atoms with E-state index in [9.17, 15) is 5.11 Å². The van der Waals surface area contributed by atoms with Gasteiger partial charge in [-0.15, -0.1) is 0 Å². The Hall–Kier alpha value is -0.650. The molecule has 1 aromatic heterocycles. The van der Waals surface area contributed by atoms with E-state index in [1.54, 1.807) is 13.3 Å². The first kappa shape index (κ1) is 11.4. The average molecular weight is 261 g/mol. The Morgan fingerprint density at radius 2 is 2.50 bits per heavy atom. The topological polar surface area (TPSA) is 54.4 Å². The molecule has 1 heterocycles. The van der Waals surface area contributed by atoms with Gasteiger partial charge in [0, 0.05) is 19.9 Å². The minimum atomic E-state index is -0.520. The lowest BCUT2D eigenvalue weighted by Gasteiger charge is -2.11. The first-order chi connectivity index (χ1) is 6.74. The van der Waals surface area contributed by atoms with Crippen LogP contribution in [0.25, 0.3) is 0 Å². The third-order valence-corrected chi connectivity index (χ3v) is 2.26. The third kappa shape index (κ3) is 3.61. The number of hydrogen-bond acceptors (Lipinski definition) is 4. The van der Waals surface area contributed by atoms with Crippen LogP contribution in [0.4, 0.5) is 5.82 Å². The Morgan fingerprint density at radius 3 is 3.14 bits per heavy atom. The lowest BCUT2D eigenvalue weighted by molar-refractivity contribution is 0.0727. The third-order valence-electron chi connectivity index (χ3n) is 1.62. The molecule has 0 radical (unpaired) electrons. The van der Waals surface area contributed by atoms with E-state index in [0.29, 0.717) is 13.2 Å². The van der Waals surface area contributed by atoms with Gasteiger partial charge in [-0.1, -0.05) is 0 Å². The zero-order valence-corrected chi connectivity index (χ0v) is 9.49. The number of ether oxygens (including phenoxy) is 1. The zero-order valence-electron chi connectivity index (χ0n) is 7.90. The molecule has 0 aliphatic rings. The van der Waals surface area contributed by atoms with Gasteiger partial charge in [0.1, 0.15) is 5.82 Å². The fourth-order valence-corrected chi connectivity index (χ4v) is 1.38. The van der Waals surface area contributed by atoms with Gasteiger partial charge in [0.25, 0.3) is 0 Å². The highest BCUT2D eigenvalue weighted by Gasteiger charge is 2.04. The largest absolute Gasteiger partial charge is 0.389 e. The molecule has 4 nitrogen and oxygen atoms in total. The molecule has 2 N–H and O–H groups in total. The van der Waals surface area contributed by atoms with Gasteiger partial charge in [-0.3, -0.25) is 0 Å². The normalized spacial score (nSPS) is 12.5. The van der Waals surface area contributed by atoms with E-state index in [0.717, 1.165) is 10.3 Å². The van der Waals surface area contributed by atoms with Crippen LogP contribution >= 0.6 is 15.9 Å². The van der Waals surface area contributed by atoms with E-state index in [1.807, 2.05) is 12.1 Å². The minimum Gasteiger partial charge on any atom is -0.389 e. The number of pyridine rings is 1. The molecule has 1 rings (SSSR count). The summed E-state index contributed by atoms with van der Waals surface area (Å²) in [4.78, 5) is 4.10. The summed E-state index contributed by atoms with van der Waals surface area (Å²) in [5.74, 6) is 0.725. The summed E-state index contributed by atoms with van der Waals surface area (Å²) in [6, 6.07) is 3.72. The minimum absolute atomic E-state index is 0.317. The summed E-state index contributed by atoms with van der Waals surface area (Å²) >= 11 is 3.35. The number of nitrogens with zero attached hydrogens (tertiary/aromatic N) is 1. The van der Waals surface area contributed by atoms with E-state index in [-0.39, 0.29) is 0 Å². The highest BCUT2D eigenvalue weighted by molar-refractivity contribution is 9.10. The van der Waals surface area contributed by atoms with Crippen molar-refractivity contribution in [2.45, 2.75) is 6.10 Å². The van der Waals surface area contributed by atoms with Crippen LogP contribution in [-0.4, -0.2) is 36.5 Å². The second-order valence-corrected chi connectivity index (χ2v) is 3.68. The van der Waals surface area contributed by atoms with Crippen LogP contribution in [0.5, 0.6) is 0 Å². The first-order valence-electron chi connectivity index (χ1n) is 4.25. The van der Waals surface area contributed by atoms with Crippen LogP contribution < -0.4 is 5.32 Å². The van der Waals surface area contributed by atoms with Crippen LogP contribution in [0.3, 0.4) is 0 Å². The Kier molecular flexibility index (Phi) is 4.86. The summed E-state index contributed by atoms with van der Waals surface area (Å²) in [7, 11) is 1.56. The molecule has 5 heteroatoms. The Bertz CT molecular complexity index is 283. The maximum absolute atomic E-state index is 9.37. The predicted octanol–water partition coefficient (Wildman–Crippen LogP) is 1.26. The summed E-state index contributed by atoms with van der Waals surface area (Å²) in [6.07, 6.45) is 1.17. The number of aliphatic hydroxyl groups excluding tert-OH is 1. The molecule has 1 atom stereocenters. The monoisotopic (exact) mass is 260 g/mol. The van der Waals surface area contributed by atoms with Crippen molar-refractivity contribution in [1.82, 2.24) is 4.98 Å². The van der Waals surface area contributed by atoms with Crippen LogP contribution in [0.1, 0.15) is 0 Å². The molecule has 0 spiro atoms. The van der Waals surface area contributed by atoms with Crippen molar-refractivity contribution in [3.63, 3.8) is 0 Å². The van der Waals surface area contributed by atoms with Crippen molar-refractivity contribution in [1.29, 1.82) is 0 Å². The molecule has 14 heavy (non-hydrogen) atoms. The second-order valence-electron chi connectivity index (χ2n) is 2.82. The molecule has 0 aliphatic heterocycles. The number of anilines is 1. The Labute approximate surface area is 91.4 Å². The van der Waals surface area contributed by atoms with E-state index in [1.165, 1.54) is 0 Å². The fourth-order valence-electron chi connectivity index (χ4n) is 0.982. The number of aliphatic hydroxyl groups is 1. The number of halogens is 1. The van der Waals surface area contributed by atoms with Gasteiger partial charge in [0.2, 0.25) is 0 Å². The van der Waals surface area contributed by atoms with E-state index in [2.05, 4.69) is 26.2 Å². The lowest BCUT2D eigenvalue weighted by atomic mass is 10.3. The molecule has 0 saturated carbocycles. The SMILES string of the molecule is COCC(O)CNc1ncccc1Br. The smallest absolute Gasteiger partial charge is 0.140 e. The number of hydrogen-bond donors (Lipinski definition) is 2. The predicted molar refractivity (Wildman–Crippen MR) is 58.3 cm³/mol. The number of methoxy groups -OCH3 is 1. The summed E-state index contributed by atoms with van der Waals surface area (Å²) in [5, 5.41) is 12.4. The maximum atomic E-state index is 9.37. The molecule has 0 saturated heterocycles. The van der Waals surface area contributed by atoms with E-state index < -0.39 is 6.10 Å². The Morgan fingerprint density at radius 1 is 1.71 bits per heavy atom. The standard InChI is InChI=1S/C9H13BrN2O2/c1-14-6-7(13)5-12-9-8(10)3-2-4-11-9/h2-4,7,13H,5-6H2,1H3,(H,11,12). The summed E-state index contributed by atoms with van der Waals surface area (Å²) in [6.45, 7) is 0.737. The molecule has 0 fully saturated rings. The maximum Gasteiger partial charge on any atom is 0.140 e. The molecular weight excluding hydrogens is 248 g/mol. The van der Waals surface area contributed by atoms with Crippen molar-refractivity contribution in [3.8, 4) is 0 Å². The summed E-state index contributed by atoms with van der Waals surface area (Å²) < 4.78 is 5.68. The molecule has 0 aliphatic carbocycles. The second kappa shape index (κ2) is 5.95. The van der Waals surface area contributed by atoms with Gasteiger partial charge >= 0.3 is 0 Å². The molecule has 0 bridgehead atoms. The zero-order chi connectivity index (χ0) is 10.4. The average Bonchev–Trinajstić information content (AvgIpc) is 2.17. The van der Waals surface area contributed by atoms with Crippen molar-refractivity contribution >= 4 is 21.7 Å². The molecule has 0 aromatic carbocycles. The highest BCUT2D eigenvalue weighted by Crippen LogP contribution is 2.17. The molecule has 0 amide bonds. The van der Waals surface area contributed by atoms with Crippen molar-refractivity contribution in [2.24, 2.45) is 0 Å². The summed E-state index contributed by atoms with van der Waals surface area (Å²) in [5.41, 5.74) is 0. The van der Waals surface area contributed by atoms with Gasteiger partial charge in [-0.25, -0.2) is 4.98 Å². The number of aromatic nitrogens is 1. The Balaban J connectivity index is 2.41. The lowest BCUT2D eigenvalue weighted by Crippen LogP contribution is -2.24. The van der Waals surface area contributed by atoms with Crippen LogP contribution in [0.15, 0.2) is 22.8 Å². The molecular formula is C9H13BrN2O2. The van der Waals surface area contributed by atoms with Crippen molar-refractivity contribution in [2.75, 3.05) is 25.6 Å². The van der Waals surface area contributed by atoms with Gasteiger partial charge in [-0.05, 0) is 28.1 Å². The fraction of sp³-hybridized carbons (Fsp3) is 0.444. The van der Waals surface area contributed by atoms with Gasteiger partial charge < -0.3 is 15.2 Å². The van der Waals surface area contributed by atoms with Crippen LogP contribution in [-0.2, 0) is 4.74 Å². The quantitative estimate of drug-likeness (QED) is 0.837. The van der Waals surface area contributed by atoms with Crippen molar-refractivity contribution < 1.29 is 9.84 Å². The van der Waals surface area contributed by atoms with Crippen LogP contribution in [0, 0.1) is 0 Å². The van der Waals surface area contributed by atoms with Crippen molar-refractivity contribution in [3.05, 3.63) is 22.8 Å². The van der Waals surface area contributed by atoms with Gasteiger partial charge in [0.05, 0.1) is 17.2 Å². The molecule has 1 unspecified atom stereocenters. The van der Waals surface area contributed by atoms with Gasteiger partial charge in [-0.2, -0.15) is 0 Å². The number of nitrogens with one attached hydrogen (secondary N) is 1. The first-order valence-corrected chi connectivity index (χ1v) is 5.04. The molecule has 78 valence electrons.